The Morgan fingerprint density at radius 2 is 2.00 bits per heavy atom. The molecule has 0 saturated heterocycles. The minimum atomic E-state index is -0.810. The second-order valence-corrected chi connectivity index (χ2v) is 7.84. The number of aliphatic hydroxyl groups excluding tert-OH is 1. The van der Waals surface area contributed by atoms with Crippen molar-refractivity contribution in [3.63, 3.8) is 0 Å². The number of aryl methyl sites for hydroxylation is 1. The summed E-state index contributed by atoms with van der Waals surface area (Å²) in [5, 5.41) is 23.6. The van der Waals surface area contributed by atoms with Crippen LogP contribution in [0.1, 0.15) is 55.2 Å². The van der Waals surface area contributed by atoms with Gasteiger partial charge in [0.2, 0.25) is 11.8 Å². The Kier molecular flexibility index (Phi) is 6.63. The number of hydrogen-bond donors (Lipinski definition) is 2. The van der Waals surface area contributed by atoms with Crippen LogP contribution in [0, 0.1) is 18.3 Å². The molecule has 0 radical (unpaired) electrons. The van der Waals surface area contributed by atoms with Crippen molar-refractivity contribution in [2.75, 3.05) is 6.54 Å². The SMILES string of the molecule is Cc1nc(Oc2cc(C#N)ccc2-n2cc(C(O)CN)cn2)cc(OC2CCCCC2)n1. The number of ether oxygens (including phenoxy) is 2. The Balaban J connectivity index is 1.63. The first-order valence-corrected chi connectivity index (χ1v) is 10.7. The molecule has 0 bridgehead atoms. The molecule has 1 fully saturated rings. The van der Waals surface area contributed by atoms with Crippen molar-refractivity contribution in [2.24, 2.45) is 5.73 Å². The highest BCUT2D eigenvalue weighted by atomic mass is 16.5. The number of benzene rings is 1. The Hall–Kier alpha value is -3.48. The van der Waals surface area contributed by atoms with Gasteiger partial charge in [0.15, 0.2) is 5.75 Å². The summed E-state index contributed by atoms with van der Waals surface area (Å²) >= 11 is 0. The van der Waals surface area contributed by atoms with Gasteiger partial charge in [-0.05, 0) is 44.7 Å². The molecule has 2 heterocycles. The van der Waals surface area contributed by atoms with E-state index >= 15 is 0 Å². The fourth-order valence-electron chi connectivity index (χ4n) is 3.72. The van der Waals surface area contributed by atoms with Crippen molar-refractivity contribution in [1.29, 1.82) is 5.26 Å². The molecule has 0 spiro atoms. The summed E-state index contributed by atoms with van der Waals surface area (Å²) in [4.78, 5) is 8.77. The van der Waals surface area contributed by atoms with Gasteiger partial charge >= 0.3 is 0 Å². The van der Waals surface area contributed by atoms with Crippen LogP contribution in [0.15, 0.2) is 36.7 Å². The lowest BCUT2D eigenvalue weighted by Gasteiger charge is -2.22. The molecule has 0 aliphatic heterocycles. The maximum absolute atomic E-state index is 9.99. The van der Waals surface area contributed by atoms with E-state index in [1.54, 1.807) is 48.3 Å². The molecule has 1 atom stereocenters. The van der Waals surface area contributed by atoms with Gasteiger partial charge in [-0.15, -0.1) is 0 Å². The molecule has 2 aromatic heterocycles. The quantitative estimate of drug-likeness (QED) is 0.579. The Bertz CT molecular complexity index is 1120. The van der Waals surface area contributed by atoms with Crippen LogP contribution >= 0.6 is 0 Å². The molecule has 1 aromatic carbocycles. The molecule has 9 heteroatoms. The highest BCUT2D eigenvalue weighted by molar-refractivity contribution is 5.52. The molecule has 1 unspecified atom stereocenters. The monoisotopic (exact) mass is 434 g/mol. The third-order valence-electron chi connectivity index (χ3n) is 5.39. The van der Waals surface area contributed by atoms with Crippen molar-refractivity contribution in [3.8, 4) is 29.3 Å². The Labute approximate surface area is 186 Å². The first kappa shape index (κ1) is 21.7. The summed E-state index contributed by atoms with van der Waals surface area (Å²) in [7, 11) is 0. The summed E-state index contributed by atoms with van der Waals surface area (Å²) in [6.07, 6.45) is 8.16. The molecule has 3 aromatic rings. The summed E-state index contributed by atoms with van der Waals surface area (Å²) in [5.74, 6) is 1.71. The van der Waals surface area contributed by atoms with Crippen molar-refractivity contribution in [1.82, 2.24) is 19.7 Å². The minimum absolute atomic E-state index is 0.0897. The van der Waals surface area contributed by atoms with Crippen LogP contribution in [-0.2, 0) is 0 Å². The topological polar surface area (TPSA) is 132 Å². The maximum atomic E-state index is 9.99. The van der Waals surface area contributed by atoms with Gasteiger partial charge in [0.1, 0.15) is 17.6 Å². The van der Waals surface area contributed by atoms with Crippen molar-refractivity contribution >= 4 is 0 Å². The van der Waals surface area contributed by atoms with Crippen molar-refractivity contribution in [2.45, 2.75) is 51.2 Å². The number of nitrogens with zero attached hydrogens (tertiary/aromatic N) is 5. The molecule has 166 valence electrons. The number of aliphatic hydroxyl groups is 1. The van der Waals surface area contributed by atoms with E-state index in [9.17, 15) is 10.4 Å². The van der Waals surface area contributed by atoms with Crippen LogP contribution in [0.2, 0.25) is 0 Å². The van der Waals surface area contributed by atoms with E-state index in [-0.39, 0.29) is 12.6 Å². The van der Waals surface area contributed by atoms with E-state index < -0.39 is 6.10 Å². The predicted molar refractivity (Wildman–Crippen MR) is 117 cm³/mol. The fourth-order valence-corrected chi connectivity index (χ4v) is 3.72. The summed E-state index contributed by atoms with van der Waals surface area (Å²) in [5.41, 5.74) is 7.15. The molecule has 3 N–H and O–H groups in total. The first-order valence-electron chi connectivity index (χ1n) is 10.7. The summed E-state index contributed by atoms with van der Waals surface area (Å²) < 4.78 is 13.7. The number of nitriles is 1. The summed E-state index contributed by atoms with van der Waals surface area (Å²) in [6, 6.07) is 8.80. The van der Waals surface area contributed by atoms with Gasteiger partial charge < -0.3 is 20.3 Å². The number of aromatic nitrogens is 4. The van der Waals surface area contributed by atoms with Crippen LogP contribution in [0.25, 0.3) is 5.69 Å². The van der Waals surface area contributed by atoms with Crippen molar-refractivity contribution < 1.29 is 14.6 Å². The van der Waals surface area contributed by atoms with Crippen LogP contribution in [0.4, 0.5) is 0 Å². The first-order chi connectivity index (χ1) is 15.6. The van der Waals surface area contributed by atoms with Crippen LogP contribution < -0.4 is 15.2 Å². The second kappa shape index (κ2) is 9.77. The third-order valence-corrected chi connectivity index (χ3v) is 5.39. The van der Waals surface area contributed by atoms with E-state index in [0.717, 1.165) is 25.7 Å². The van der Waals surface area contributed by atoms with E-state index in [1.807, 2.05) is 0 Å². The molecule has 1 aliphatic rings. The van der Waals surface area contributed by atoms with Crippen molar-refractivity contribution in [3.05, 3.63) is 53.6 Å². The minimum Gasteiger partial charge on any atom is -0.474 e. The lowest BCUT2D eigenvalue weighted by Crippen LogP contribution is -2.20. The molecular weight excluding hydrogens is 408 g/mol. The maximum Gasteiger partial charge on any atom is 0.226 e. The average molecular weight is 435 g/mol. The zero-order valence-electron chi connectivity index (χ0n) is 17.9. The van der Waals surface area contributed by atoms with Gasteiger partial charge in [0, 0.05) is 24.4 Å². The zero-order valence-corrected chi connectivity index (χ0v) is 17.9. The predicted octanol–water partition coefficient (Wildman–Crippen LogP) is 3.34. The lowest BCUT2D eigenvalue weighted by molar-refractivity contribution is 0.147. The highest BCUT2D eigenvalue weighted by Gasteiger charge is 2.18. The van der Waals surface area contributed by atoms with Crippen LogP contribution in [0.3, 0.4) is 0 Å². The molecule has 4 rings (SSSR count). The number of nitrogens with two attached hydrogens (primary N) is 1. The normalized spacial score (nSPS) is 15.2. The third kappa shape index (κ3) is 5.04. The highest BCUT2D eigenvalue weighted by Crippen LogP contribution is 2.31. The molecule has 9 nitrogen and oxygen atoms in total. The van der Waals surface area contributed by atoms with Gasteiger partial charge in [-0.3, -0.25) is 0 Å². The smallest absolute Gasteiger partial charge is 0.226 e. The molecular formula is C23H26N6O3. The van der Waals surface area contributed by atoms with Gasteiger partial charge in [0.25, 0.3) is 0 Å². The second-order valence-electron chi connectivity index (χ2n) is 7.84. The largest absolute Gasteiger partial charge is 0.474 e. The van der Waals surface area contributed by atoms with Crippen LogP contribution in [-0.4, -0.2) is 37.5 Å². The number of rotatable bonds is 7. The van der Waals surface area contributed by atoms with E-state index in [1.165, 1.54) is 6.42 Å². The van der Waals surface area contributed by atoms with Gasteiger partial charge in [-0.25, -0.2) is 4.68 Å². The fraction of sp³-hybridized carbons (Fsp3) is 0.391. The van der Waals surface area contributed by atoms with Gasteiger partial charge in [-0.1, -0.05) is 6.42 Å². The standard InChI is InChI=1S/C23H26N6O3/c1-15-27-22(31-18-5-3-2-4-6-18)10-23(28-15)32-21-9-16(11-24)7-8-19(21)29-14-17(13-26-29)20(30)12-25/h7-10,13-14,18,20,30H,2-6,12,25H2,1H3. The van der Waals surface area contributed by atoms with E-state index in [4.69, 9.17) is 15.2 Å². The van der Waals surface area contributed by atoms with Crippen LogP contribution in [0.5, 0.6) is 17.5 Å². The zero-order chi connectivity index (χ0) is 22.5. The van der Waals surface area contributed by atoms with Gasteiger partial charge in [0.05, 0.1) is 30.0 Å². The average Bonchev–Trinajstić information content (AvgIpc) is 3.29. The Morgan fingerprint density at radius 1 is 1.22 bits per heavy atom. The lowest BCUT2D eigenvalue weighted by atomic mass is 9.98. The molecule has 0 amide bonds. The molecule has 1 saturated carbocycles. The Morgan fingerprint density at radius 3 is 2.75 bits per heavy atom. The van der Waals surface area contributed by atoms with E-state index in [2.05, 4.69) is 21.1 Å². The molecule has 32 heavy (non-hydrogen) atoms. The van der Waals surface area contributed by atoms with Gasteiger partial charge in [-0.2, -0.15) is 20.3 Å². The van der Waals surface area contributed by atoms with E-state index in [0.29, 0.717) is 40.1 Å². The summed E-state index contributed by atoms with van der Waals surface area (Å²) in [6.45, 7) is 1.87. The number of hydrogen-bond acceptors (Lipinski definition) is 8. The molecule has 1 aliphatic carbocycles.